The predicted octanol–water partition coefficient (Wildman–Crippen LogP) is 9.53. The average molecular weight is 435 g/mol. The minimum atomic E-state index is 0.959. The van der Waals surface area contributed by atoms with E-state index in [0.29, 0.717) is 0 Å². The molecule has 0 atom stereocenters. The van der Waals surface area contributed by atoms with Gasteiger partial charge in [-0.3, -0.25) is 0 Å². The maximum atomic E-state index is 6.55. The van der Waals surface area contributed by atoms with Crippen LogP contribution in [0.5, 0.6) is 0 Å². The lowest BCUT2D eigenvalue weighted by molar-refractivity contribution is 0.667. The first kappa shape index (κ1) is 19.1. The lowest BCUT2D eigenvalue weighted by atomic mass is 9.94. The first-order chi connectivity index (χ1) is 16.8. The Balaban J connectivity index is 1.47. The van der Waals surface area contributed by atoms with Crippen LogP contribution in [-0.4, -0.2) is 0 Å². The molecular weight excluding hydrogens is 412 g/mol. The molecule has 1 heterocycles. The number of para-hydroxylation sites is 1. The van der Waals surface area contributed by atoms with Gasteiger partial charge in [-0.25, -0.2) is 0 Å². The van der Waals surface area contributed by atoms with Crippen molar-refractivity contribution in [2.24, 2.45) is 0 Å². The Morgan fingerprint density at radius 3 is 1.91 bits per heavy atom. The van der Waals surface area contributed by atoms with Gasteiger partial charge in [0.15, 0.2) is 0 Å². The van der Waals surface area contributed by atoms with E-state index in [1.54, 1.807) is 0 Å². The summed E-state index contributed by atoms with van der Waals surface area (Å²) in [5.74, 6) is 0. The van der Waals surface area contributed by atoms with Crippen LogP contribution in [0.3, 0.4) is 0 Å². The topological polar surface area (TPSA) is 13.1 Å². The van der Waals surface area contributed by atoms with Crippen molar-refractivity contribution in [3.8, 4) is 22.3 Å². The molecule has 0 bridgehead atoms. The van der Waals surface area contributed by atoms with Crippen LogP contribution in [0.4, 0.5) is 0 Å². The molecule has 0 amide bonds. The van der Waals surface area contributed by atoms with Gasteiger partial charge in [0, 0.05) is 16.3 Å². The molecule has 0 aliphatic rings. The van der Waals surface area contributed by atoms with Gasteiger partial charge in [-0.1, -0.05) is 109 Å². The van der Waals surface area contributed by atoms with Gasteiger partial charge >= 0.3 is 0 Å². The minimum Gasteiger partial charge on any atom is -0.455 e. The summed E-state index contributed by atoms with van der Waals surface area (Å²) in [6.45, 7) is 2.12. The number of fused-ring (bicyclic) bond motifs is 6. The van der Waals surface area contributed by atoms with Gasteiger partial charge in [0.1, 0.15) is 11.2 Å². The highest BCUT2D eigenvalue weighted by molar-refractivity contribution is 6.22. The second kappa shape index (κ2) is 7.33. The molecule has 0 N–H and O–H groups in total. The van der Waals surface area contributed by atoms with Gasteiger partial charge in [-0.2, -0.15) is 0 Å². The summed E-state index contributed by atoms with van der Waals surface area (Å²) in [4.78, 5) is 0. The summed E-state index contributed by atoms with van der Waals surface area (Å²) in [5, 5.41) is 7.38. The van der Waals surface area contributed by atoms with Crippen LogP contribution in [0.25, 0.3) is 65.7 Å². The summed E-state index contributed by atoms with van der Waals surface area (Å²) in [6.07, 6.45) is 0. The second-order valence-electron chi connectivity index (χ2n) is 9.01. The van der Waals surface area contributed by atoms with Gasteiger partial charge < -0.3 is 4.42 Å². The number of hydrogen-bond donors (Lipinski definition) is 0. The van der Waals surface area contributed by atoms with E-state index in [1.165, 1.54) is 43.4 Å². The third kappa shape index (κ3) is 2.80. The summed E-state index contributed by atoms with van der Waals surface area (Å²) >= 11 is 0. The van der Waals surface area contributed by atoms with Crippen LogP contribution < -0.4 is 0 Å². The van der Waals surface area contributed by atoms with Crippen molar-refractivity contribution in [2.75, 3.05) is 0 Å². The predicted molar refractivity (Wildman–Crippen MR) is 144 cm³/mol. The molecule has 7 aromatic rings. The highest BCUT2D eigenvalue weighted by Gasteiger charge is 2.17. The molecule has 1 heteroatoms. The molecule has 0 unspecified atom stereocenters. The highest BCUT2D eigenvalue weighted by atomic mass is 16.3. The summed E-state index contributed by atoms with van der Waals surface area (Å²) < 4.78 is 6.55. The Morgan fingerprint density at radius 1 is 0.471 bits per heavy atom. The third-order valence-electron chi connectivity index (χ3n) is 6.98. The first-order valence-electron chi connectivity index (χ1n) is 11.7. The first-order valence-corrected chi connectivity index (χ1v) is 11.7. The molecule has 0 aliphatic heterocycles. The molecule has 0 spiro atoms. The van der Waals surface area contributed by atoms with E-state index in [4.69, 9.17) is 4.42 Å². The standard InChI is InChI=1S/C33H22O/c1-21-8-6-15-29-31-28-13-5-3-10-25(28)20-30(33(31)34-32(21)29)24-18-16-23(17-19-24)27-14-7-11-22-9-2-4-12-26(22)27/h2-20H,1H3. The molecule has 7 rings (SSSR count). The third-order valence-corrected chi connectivity index (χ3v) is 6.98. The van der Waals surface area contributed by atoms with E-state index in [0.717, 1.165) is 27.9 Å². The fourth-order valence-electron chi connectivity index (χ4n) is 5.31. The van der Waals surface area contributed by atoms with E-state index in [-0.39, 0.29) is 0 Å². The fourth-order valence-corrected chi connectivity index (χ4v) is 5.31. The number of benzene rings is 6. The Kier molecular flexibility index (Phi) is 4.13. The quantitative estimate of drug-likeness (QED) is 0.264. The number of furan rings is 1. The van der Waals surface area contributed by atoms with Crippen LogP contribution in [0, 0.1) is 6.92 Å². The monoisotopic (exact) mass is 434 g/mol. The van der Waals surface area contributed by atoms with Crippen molar-refractivity contribution in [2.45, 2.75) is 6.92 Å². The minimum absolute atomic E-state index is 0.959. The van der Waals surface area contributed by atoms with E-state index < -0.39 is 0 Å². The largest absolute Gasteiger partial charge is 0.455 e. The van der Waals surface area contributed by atoms with Crippen LogP contribution in [0.1, 0.15) is 5.56 Å². The Labute approximate surface area is 197 Å². The molecule has 0 saturated heterocycles. The number of aryl methyl sites for hydroxylation is 1. The van der Waals surface area contributed by atoms with Crippen molar-refractivity contribution in [3.05, 3.63) is 121 Å². The lowest BCUT2D eigenvalue weighted by Crippen LogP contribution is -1.84. The Bertz CT molecular complexity index is 1850. The van der Waals surface area contributed by atoms with Crippen molar-refractivity contribution in [1.82, 2.24) is 0 Å². The van der Waals surface area contributed by atoms with Crippen molar-refractivity contribution < 1.29 is 4.42 Å². The van der Waals surface area contributed by atoms with Crippen LogP contribution >= 0.6 is 0 Å². The molecule has 160 valence electrons. The van der Waals surface area contributed by atoms with Crippen molar-refractivity contribution in [1.29, 1.82) is 0 Å². The van der Waals surface area contributed by atoms with Gasteiger partial charge in [0.05, 0.1) is 0 Å². The maximum Gasteiger partial charge on any atom is 0.143 e. The van der Waals surface area contributed by atoms with Crippen molar-refractivity contribution >= 4 is 43.5 Å². The van der Waals surface area contributed by atoms with Gasteiger partial charge in [0.25, 0.3) is 0 Å². The normalized spacial score (nSPS) is 11.7. The van der Waals surface area contributed by atoms with E-state index in [2.05, 4.69) is 122 Å². The molecule has 0 radical (unpaired) electrons. The average Bonchev–Trinajstić information content (AvgIpc) is 3.29. The van der Waals surface area contributed by atoms with Gasteiger partial charge in [0.2, 0.25) is 0 Å². The summed E-state index contributed by atoms with van der Waals surface area (Å²) in [5.41, 5.74) is 7.87. The van der Waals surface area contributed by atoms with E-state index in [1.807, 2.05) is 0 Å². The number of hydrogen-bond acceptors (Lipinski definition) is 1. The zero-order valence-corrected chi connectivity index (χ0v) is 18.9. The lowest BCUT2D eigenvalue weighted by Gasteiger charge is -2.10. The maximum absolute atomic E-state index is 6.55. The molecule has 0 aliphatic carbocycles. The second-order valence-corrected chi connectivity index (χ2v) is 9.01. The molecule has 34 heavy (non-hydrogen) atoms. The highest BCUT2D eigenvalue weighted by Crippen LogP contribution is 2.42. The molecule has 6 aromatic carbocycles. The Morgan fingerprint density at radius 2 is 1.09 bits per heavy atom. The molecular formula is C33H22O. The SMILES string of the molecule is Cc1cccc2c1oc1c(-c3ccc(-c4cccc5ccccc45)cc3)cc3ccccc3c12. The van der Waals surface area contributed by atoms with Gasteiger partial charge in [-0.05, 0) is 56.8 Å². The fraction of sp³-hybridized carbons (Fsp3) is 0.0303. The smallest absolute Gasteiger partial charge is 0.143 e. The summed E-state index contributed by atoms with van der Waals surface area (Å²) in [6, 6.07) is 41.2. The molecule has 0 fully saturated rings. The van der Waals surface area contributed by atoms with E-state index >= 15 is 0 Å². The van der Waals surface area contributed by atoms with Crippen molar-refractivity contribution in [3.63, 3.8) is 0 Å². The zero-order chi connectivity index (χ0) is 22.6. The molecule has 1 nitrogen and oxygen atoms in total. The Hall–Kier alpha value is -4.36. The number of rotatable bonds is 2. The van der Waals surface area contributed by atoms with Gasteiger partial charge in [-0.15, -0.1) is 0 Å². The molecule has 1 aromatic heterocycles. The van der Waals surface area contributed by atoms with Crippen LogP contribution in [0.15, 0.2) is 120 Å². The summed E-state index contributed by atoms with van der Waals surface area (Å²) in [7, 11) is 0. The van der Waals surface area contributed by atoms with E-state index in [9.17, 15) is 0 Å². The van der Waals surface area contributed by atoms with Crippen LogP contribution in [-0.2, 0) is 0 Å². The van der Waals surface area contributed by atoms with Crippen LogP contribution in [0.2, 0.25) is 0 Å². The zero-order valence-electron chi connectivity index (χ0n) is 18.9. The molecule has 0 saturated carbocycles.